The predicted octanol–water partition coefficient (Wildman–Crippen LogP) is 5.03. The summed E-state index contributed by atoms with van der Waals surface area (Å²) in [5.74, 6) is -0.977. The molecule has 0 aromatic heterocycles. The van der Waals surface area contributed by atoms with Crippen molar-refractivity contribution >= 4 is 11.7 Å². The zero-order chi connectivity index (χ0) is 24.7. The molecule has 0 N–H and O–H groups in total. The summed E-state index contributed by atoms with van der Waals surface area (Å²) < 4.78 is 14.3. The third-order valence-electron chi connectivity index (χ3n) is 7.29. The third-order valence-corrected chi connectivity index (χ3v) is 7.29. The number of benzene rings is 4. The van der Waals surface area contributed by atoms with Crippen molar-refractivity contribution in [2.24, 2.45) is 0 Å². The molecule has 36 heavy (non-hydrogen) atoms. The normalized spacial score (nSPS) is 19.0. The molecule has 4 aromatic rings. The van der Waals surface area contributed by atoms with Crippen LogP contribution in [0.3, 0.4) is 0 Å². The molecule has 4 nitrogen and oxygen atoms in total. The second kappa shape index (κ2) is 8.85. The molecule has 2 aliphatic rings. The van der Waals surface area contributed by atoms with Gasteiger partial charge in [0.1, 0.15) is 11.9 Å². The monoisotopic (exact) mass is 476 g/mol. The third kappa shape index (κ3) is 3.55. The molecule has 178 valence electrons. The highest BCUT2D eigenvalue weighted by molar-refractivity contribution is 6.03. The summed E-state index contributed by atoms with van der Waals surface area (Å²) in [4.78, 5) is 30.3. The second-order valence-corrected chi connectivity index (χ2v) is 9.37. The molecule has 1 fully saturated rings. The van der Waals surface area contributed by atoms with E-state index in [0.717, 1.165) is 16.7 Å². The van der Waals surface area contributed by atoms with E-state index < -0.39 is 17.4 Å². The van der Waals surface area contributed by atoms with Crippen molar-refractivity contribution in [1.29, 1.82) is 0 Å². The lowest BCUT2D eigenvalue weighted by Gasteiger charge is -2.38. The lowest BCUT2D eigenvalue weighted by Crippen LogP contribution is -2.45. The molecule has 2 aliphatic heterocycles. The Hall–Kier alpha value is -4.09. The Balaban J connectivity index is 1.41. The summed E-state index contributed by atoms with van der Waals surface area (Å²) in [6, 6.07) is 34.9. The van der Waals surface area contributed by atoms with Crippen molar-refractivity contribution in [2.45, 2.75) is 18.1 Å². The van der Waals surface area contributed by atoms with Crippen molar-refractivity contribution in [3.05, 3.63) is 143 Å². The van der Waals surface area contributed by atoms with Crippen LogP contribution in [0.25, 0.3) is 0 Å². The molecular formula is C31H25FN2O2. The van der Waals surface area contributed by atoms with E-state index in [4.69, 9.17) is 0 Å². The van der Waals surface area contributed by atoms with Gasteiger partial charge in [0.15, 0.2) is 5.78 Å². The standard InChI is InChI=1S/C31H25FN2O2/c32-26-18-10-11-22-19-33(21-28(35)29(22)26)30(36)27-20-34(27)31(23-12-4-1-5-13-23,24-14-6-2-7-15-24)25-16-8-3-9-17-25/h1-18,27H,19-21H2/t27-,34?/m1/s1. The summed E-state index contributed by atoms with van der Waals surface area (Å²) in [6.07, 6.45) is 0. The summed E-state index contributed by atoms with van der Waals surface area (Å²) in [5.41, 5.74) is 3.21. The van der Waals surface area contributed by atoms with E-state index in [2.05, 4.69) is 41.3 Å². The highest BCUT2D eigenvalue weighted by atomic mass is 19.1. The lowest BCUT2D eigenvalue weighted by atomic mass is 9.76. The van der Waals surface area contributed by atoms with Crippen molar-refractivity contribution in [1.82, 2.24) is 9.80 Å². The SMILES string of the molecule is O=C1CN(C(=O)[C@H]2CN2C(c2ccccc2)(c2ccccc2)c2ccccc2)Cc2cccc(F)c21. The number of carbonyl (C=O) groups excluding carboxylic acids is 2. The largest absolute Gasteiger partial charge is 0.329 e. The Labute approximate surface area is 209 Å². The van der Waals surface area contributed by atoms with E-state index in [1.54, 1.807) is 17.0 Å². The van der Waals surface area contributed by atoms with Gasteiger partial charge in [-0.25, -0.2) is 4.39 Å². The van der Waals surface area contributed by atoms with Crippen LogP contribution in [-0.2, 0) is 16.9 Å². The van der Waals surface area contributed by atoms with Gasteiger partial charge in [-0.3, -0.25) is 14.5 Å². The average molecular weight is 477 g/mol. The summed E-state index contributed by atoms with van der Waals surface area (Å²) in [7, 11) is 0. The molecule has 1 amide bonds. The van der Waals surface area contributed by atoms with Crippen LogP contribution >= 0.6 is 0 Å². The number of ketones is 1. The number of amides is 1. The van der Waals surface area contributed by atoms with Crippen LogP contribution in [0.4, 0.5) is 4.39 Å². The lowest BCUT2D eigenvalue weighted by molar-refractivity contribution is -0.132. The molecule has 0 bridgehead atoms. The first-order valence-corrected chi connectivity index (χ1v) is 12.1. The molecule has 0 saturated carbocycles. The van der Waals surface area contributed by atoms with E-state index in [1.165, 1.54) is 6.07 Å². The maximum absolute atomic E-state index is 14.3. The average Bonchev–Trinajstić information content (AvgIpc) is 3.72. The van der Waals surface area contributed by atoms with E-state index in [0.29, 0.717) is 12.1 Å². The molecule has 0 radical (unpaired) electrons. The molecular weight excluding hydrogens is 451 g/mol. The number of rotatable bonds is 5. The van der Waals surface area contributed by atoms with Gasteiger partial charge in [0.2, 0.25) is 5.91 Å². The van der Waals surface area contributed by atoms with E-state index in [-0.39, 0.29) is 30.3 Å². The van der Waals surface area contributed by atoms with Crippen LogP contribution in [0.2, 0.25) is 0 Å². The molecule has 2 atom stereocenters. The van der Waals surface area contributed by atoms with Crippen LogP contribution in [0.15, 0.2) is 109 Å². The Morgan fingerprint density at radius 1 is 0.722 bits per heavy atom. The fraction of sp³-hybridized carbons (Fsp3) is 0.161. The van der Waals surface area contributed by atoms with Crippen molar-refractivity contribution in [3.8, 4) is 0 Å². The van der Waals surface area contributed by atoms with Crippen LogP contribution in [-0.4, -0.2) is 40.6 Å². The second-order valence-electron chi connectivity index (χ2n) is 9.37. The van der Waals surface area contributed by atoms with Crippen molar-refractivity contribution in [2.75, 3.05) is 13.1 Å². The smallest absolute Gasteiger partial charge is 0.242 e. The minimum Gasteiger partial charge on any atom is -0.329 e. The maximum Gasteiger partial charge on any atom is 0.242 e. The van der Waals surface area contributed by atoms with Gasteiger partial charge in [-0.1, -0.05) is 103 Å². The first-order valence-electron chi connectivity index (χ1n) is 12.1. The molecule has 2 heterocycles. The number of nitrogens with zero attached hydrogens (tertiary/aromatic N) is 2. The van der Waals surface area contributed by atoms with E-state index >= 15 is 0 Å². The molecule has 6 rings (SSSR count). The fourth-order valence-electron chi connectivity index (χ4n) is 5.65. The van der Waals surface area contributed by atoms with E-state index in [9.17, 15) is 14.0 Å². The van der Waals surface area contributed by atoms with Gasteiger partial charge >= 0.3 is 0 Å². The molecule has 5 heteroatoms. The first-order chi connectivity index (χ1) is 17.6. The number of fused-ring (bicyclic) bond motifs is 1. The molecule has 1 unspecified atom stereocenters. The summed E-state index contributed by atoms with van der Waals surface area (Å²) >= 11 is 0. The Morgan fingerprint density at radius 2 is 1.25 bits per heavy atom. The van der Waals surface area contributed by atoms with Crippen molar-refractivity contribution in [3.63, 3.8) is 0 Å². The predicted molar refractivity (Wildman–Crippen MR) is 136 cm³/mol. The topological polar surface area (TPSA) is 40.4 Å². The summed E-state index contributed by atoms with van der Waals surface area (Å²) in [5, 5.41) is 0. The number of halogens is 1. The molecule has 0 spiro atoms. The highest BCUT2D eigenvalue weighted by Gasteiger charge is 2.57. The Bertz CT molecular complexity index is 1330. The van der Waals surface area contributed by atoms with Gasteiger partial charge in [-0.05, 0) is 28.3 Å². The van der Waals surface area contributed by atoms with Crippen molar-refractivity contribution < 1.29 is 14.0 Å². The van der Waals surface area contributed by atoms with Gasteiger partial charge in [-0.2, -0.15) is 0 Å². The van der Waals surface area contributed by atoms with Gasteiger partial charge in [0.05, 0.1) is 17.6 Å². The Morgan fingerprint density at radius 3 is 1.78 bits per heavy atom. The molecule has 0 aliphatic carbocycles. The summed E-state index contributed by atoms with van der Waals surface area (Å²) in [6.45, 7) is 0.682. The van der Waals surface area contributed by atoms with Crippen LogP contribution < -0.4 is 0 Å². The van der Waals surface area contributed by atoms with Gasteiger partial charge < -0.3 is 4.90 Å². The van der Waals surface area contributed by atoms with Gasteiger partial charge in [-0.15, -0.1) is 0 Å². The first kappa shape index (κ1) is 22.4. The minimum atomic E-state index is -0.673. The minimum absolute atomic E-state index is 0.105. The molecule has 4 aromatic carbocycles. The molecule has 1 saturated heterocycles. The zero-order valence-corrected chi connectivity index (χ0v) is 19.7. The number of hydrogen-bond acceptors (Lipinski definition) is 3. The number of hydrogen-bond donors (Lipinski definition) is 0. The zero-order valence-electron chi connectivity index (χ0n) is 19.7. The number of carbonyl (C=O) groups is 2. The fourth-order valence-corrected chi connectivity index (χ4v) is 5.65. The van der Waals surface area contributed by atoms with Crippen LogP contribution in [0, 0.1) is 5.82 Å². The van der Waals surface area contributed by atoms with E-state index in [1.807, 2.05) is 54.6 Å². The number of Topliss-reactive ketones (excluding diaryl/α,β-unsaturated/α-hetero) is 1. The highest BCUT2D eigenvalue weighted by Crippen LogP contribution is 2.48. The van der Waals surface area contributed by atoms with Crippen LogP contribution in [0.1, 0.15) is 32.6 Å². The van der Waals surface area contributed by atoms with Crippen LogP contribution in [0.5, 0.6) is 0 Å². The quantitative estimate of drug-likeness (QED) is 0.300. The maximum atomic E-state index is 14.3. The van der Waals surface area contributed by atoms with Gasteiger partial charge in [0, 0.05) is 13.1 Å². The van der Waals surface area contributed by atoms with Gasteiger partial charge in [0.25, 0.3) is 0 Å². The Kier molecular flexibility index (Phi) is 5.50.